The van der Waals surface area contributed by atoms with Crippen LogP contribution >= 0.6 is 0 Å². The fourth-order valence-electron chi connectivity index (χ4n) is 4.49. The van der Waals surface area contributed by atoms with Gasteiger partial charge in [-0.15, -0.1) is 0 Å². The highest BCUT2D eigenvalue weighted by Gasteiger charge is 2.60. The zero-order valence-electron chi connectivity index (χ0n) is 15.0. The van der Waals surface area contributed by atoms with Crippen molar-refractivity contribution in [2.75, 3.05) is 13.1 Å². The smallest absolute Gasteiger partial charge is 0.230 e. The number of carbonyl (C=O) groups is 1. The van der Waals surface area contributed by atoms with Crippen LogP contribution in [0.2, 0.25) is 0 Å². The third kappa shape index (κ3) is 2.62. The van der Waals surface area contributed by atoms with Crippen LogP contribution < -0.4 is 0 Å². The monoisotopic (exact) mass is 357 g/mol. The molecule has 1 unspecified atom stereocenters. The van der Waals surface area contributed by atoms with Crippen molar-refractivity contribution in [2.24, 2.45) is 5.41 Å². The molecule has 8 nitrogen and oxygen atoms in total. The minimum atomic E-state index is 0.0703. The predicted octanol–water partition coefficient (Wildman–Crippen LogP) is 2.37. The molecule has 1 atom stereocenters. The Balaban J connectivity index is 1.16. The minimum absolute atomic E-state index is 0.0703. The number of piperidine rings is 1. The summed E-state index contributed by atoms with van der Waals surface area (Å²) in [5, 5.41) is 11.8. The molecule has 0 bridgehead atoms. The molecule has 0 N–H and O–H groups in total. The van der Waals surface area contributed by atoms with Crippen LogP contribution in [0.5, 0.6) is 0 Å². The first-order chi connectivity index (χ1) is 12.6. The van der Waals surface area contributed by atoms with Gasteiger partial charge < -0.3 is 9.42 Å². The molecule has 2 aliphatic carbocycles. The quantitative estimate of drug-likeness (QED) is 0.828. The van der Waals surface area contributed by atoms with Crippen molar-refractivity contribution in [1.82, 2.24) is 25.4 Å². The number of rotatable bonds is 4. The molecule has 8 heteroatoms. The van der Waals surface area contributed by atoms with Gasteiger partial charge in [-0.3, -0.25) is 4.79 Å². The molecule has 1 saturated heterocycles. The van der Waals surface area contributed by atoms with Crippen LogP contribution in [-0.4, -0.2) is 44.4 Å². The lowest BCUT2D eigenvalue weighted by molar-refractivity contribution is -0.131. The lowest BCUT2D eigenvalue weighted by Crippen LogP contribution is -2.39. The van der Waals surface area contributed by atoms with Crippen LogP contribution in [0.1, 0.15) is 73.5 Å². The van der Waals surface area contributed by atoms with E-state index in [-0.39, 0.29) is 18.2 Å². The molecule has 3 aliphatic rings. The van der Waals surface area contributed by atoms with Crippen LogP contribution in [-0.2, 0) is 11.2 Å². The third-order valence-corrected chi connectivity index (χ3v) is 6.57. The second-order valence-electron chi connectivity index (χ2n) is 8.09. The van der Waals surface area contributed by atoms with Gasteiger partial charge in [0, 0.05) is 24.9 Å². The van der Waals surface area contributed by atoms with Gasteiger partial charge in [-0.25, -0.2) is 4.63 Å². The Morgan fingerprint density at radius 1 is 1.23 bits per heavy atom. The van der Waals surface area contributed by atoms with E-state index < -0.39 is 0 Å². The normalized spacial score (nSPS) is 24.7. The van der Waals surface area contributed by atoms with Crippen molar-refractivity contribution in [3.05, 3.63) is 23.1 Å². The van der Waals surface area contributed by atoms with Crippen molar-refractivity contribution >= 4 is 5.91 Å². The summed E-state index contributed by atoms with van der Waals surface area (Å²) in [5.74, 6) is 2.51. The molecule has 1 spiro atoms. The average Bonchev–Trinajstić information content (AvgIpc) is 3.00. The molecule has 138 valence electrons. The summed E-state index contributed by atoms with van der Waals surface area (Å²) in [5.41, 5.74) is 1.81. The Morgan fingerprint density at radius 3 is 2.65 bits per heavy atom. The van der Waals surface area contributed by atoms with Crippen molar-refractivity contribution < 1.29 is 13.9 Å². The van der Waals surface area contributed by atoms with Crippen molar-refractivity contribution in [3.8, 4) is 0 Å². The summed E-state index contributed by atoms with van der Waals surface area (Å²) in [7, 11) is 0. The van der Waals surface area contributed by atoms with E-state index in [4.69, 9.17) is 9.51 Å². The maximum Gasteiger partial charge on any atom is 0.230 e. The maximum atomic E-state index is 12.4. The van der Waals surface area contributed by atoms with Gasteiger partial charge in [-0.2, -0.15) is 4.98 Å². The number of aromatic nitrogens is 4. The number of nitrogens with zero attached hydrogens (tertiary/aromatic N) is 5. The lowest BCUT2D eigenvalue weighted by Gasteiger charge is -2.30. The summed E-state index contributed by atoms with van der Waals surface area (Å²) < 4.78 is 10.2. The highest BCUT2D eigenvalue weighted by Crippen LogP contribution is 2.69. The zero-order chi connectivity index (χ0) is 17.7. The van der Waals surface area contributed by atoms with Gasteiger partial charge >= 0.3 is 0 Å². The van der Waals surface area contributed by atoms with Crippen LogP contribution in [0.4, 0.5) is 0 Å². The Kier molecular flexibility index (Phi) is 3.62. The summed E-state index contributed by atoms with van der Waals surface area (Å²) in [6, 6.07) is 0. The molecule has 3 heterocycles. The molecule has 0 aromatic carbocycles. The summed E-state index contributed by atoms with van der Waals surface area (Å²) >= 11 is 0. The van der Waals surface area contributed by atoms with Gasteiger partial charge in [0.15, 0.2) is 5.82 Å². The molecular weight excluding hydrogens is 334 g/mol. The molecule has 1 amide bonds. The van der Waals surface area contributed by atoms with Crippen LogP contribution in [0, 0.1) is 12.3 Å². The molecule has 5 rings (SSSR count). The van der Waals surface area contributed by atoms with Crippen LogP contribution in [0.25, 0.3) is 0 Å². The fourth-order valence-corrected chi connectivity index (χ4v) is 4.49. The number of carbonyl (C=O) groups excluding carboxylic acids is 1. The molecule has 0 radical (unpaired) electrons. The van der Waals surface area contributed by atoms with Gasteiger partial charge in [0.2, 0.25) is 11.8 Å². The first-order valence-corrected chi connectivity index (χ1v) is 9.54. The van der Waals surface area contributed by atoms with Crippen molar-refractivity contribution in [1.29, 1.82) is 0 Å². The Hall–Kier alpha value is -2.25. The Labute approximate surface area is 151 Å². The second kappa shape index (κ2) is 5.89. The van der Waals surface area contributed by atoms with Gasteiger partial charge in [-0.05, 0) is 44.4 Å². The van der Waals surface area contributed by atoms with Gasteiger partial charge in [0.05, 0.1) is 6.42 Å². The van der Waals surface area contributed by atoms with Crippen molar-refractivity contribution in [3.63, 3.8) is 0 Å². The first kappa shape index (κ1) is 16.0. The number of amides is 1. The fraction of sp³-hybridized carbons (Fsp3) is 0.722. The molecule has 26 heavy (non-hydrogen) atoms. The molecule has 3 fully saturated rings. The van der Waals surface area contributed by atoms with Crippen LogP contribution in [0.15, 0.2) is 9.15 Å². The second-order valence-corrected chi connectivity index (χ2v) is 8.09. The van der Waals surface area contributed by atoms with E-state index in [2.05, 4.69) is 20.1 Å². The topological polar surface area (TPSA) is 98.2 Å². The summed E-state index contributed by atoms with van der Waals surface area (Å²) in [6.45, 7) is 3.23. The summed E-state index contributed by atoms with van der Waals surface area (Å²) in [4.78, 5) is 19.0. The van der Waals surface area contributed by atoms with Crippen molar-refractivity contribution in [2.45, 2.75) is 63.7 Å². The molecule has 2 aromatic heterocycles. The Morgan fingerprint density at radius 2 is 2.04 bits per heavy atom. The number of hydrogen-bond acceptors (Lipinski definition) is 7. The Bertz CT molecular complexity index is 816. The minimum Gasteiger partial charge on any atom is -0.342 e. The third-order valence-electron chi connectivity index (χ3n) is 6.57. The highest BCUT2D eigenvalue weighted by atomic mass is 16.6. The van der Waals surface area contributed by atoms with E-state index in [9.17, 15) is 4.79 Å². The van der Waals surface area contributed by atoms with Gasteiger partial charge in [0.1, 0.15) is 11.4 Å². The molecule has 2 aromatic rings. The largest absolute Gasteiger partial charge is 0.342 e. The van der Waals surface area contributed by atoms with E-state index in [0.29, 0.717) is 35.8 Å². The first-order valence-electron chi connectivity index (χ1n) is 9.54. The standard InChI is InChI=1S/C18H23N5O3/c1-11-14(21-26-20-11)9-15(24)23-7-3-12(4-8-23)16-19-17(25-22-16)13-10-18(13)5-2-6-18/h12-13H,2-10H2,1H3. The maximum absolute atomic E-state index is 12.4. The molecular formula is C18H23N5O3. The zero-order valence-corrected chi connectivity index (χ0v) is 15.0. The number of aryl methyl sites for hydroxylation is 1. The van der Waals surface area contributed by atoms with Gasteiger partial charge in [0.25, 0.3) is 0 Å². The van der Waals surface area contributed by atoms with E-state index in [1.54, 1.807) is 6.92 Å². The highest BCUT2D eigenvalue weighted by molar-refractivity contribution is 5.78. The number of likely N-dealkylation sites (tertiary alicyclic amines) is 1. The molecule has 2 saturated carbocycles. The van der Waals surface area contributed by atoms with Crippen LogP contribution in [0.3, 0.4) is 0 Å². The lowest BCUT2D eigenvalue weighted by atomic mass is 9.80. The van der Waals surface area contributed by atoms with E-state index >= 15 is 0 Å². The summed E-state index contributed by atoms with van der Waals surface area (Å²) in [6.07, 6.45) is 7.18. The molecule has 1 aliphatic heterocycles. The van der Waals surface area contributed by atoms with E-state index in [0.717, 1.165) is 24.6 Å². The predicted molar refractivity (Wildman–Crippen MR) is 89.2 cm³/mol. The average molecular weight is 357 g/mol. The number of hydrogen-bond donors (Lipinski definition) is 0. The van der Waals surface area contributed by atoms with Gasteiger partial charge in [-0.1, -0.05) is 21.9 Å². The van der Waals surface area contributed by atoms with E-state index in [1.807, 2.05) is 4.90 Å². The SMILES string of the molecule is Cc1nonc1CC(=O)N1CCC(c2noc(C3CC34CCC4)n2)CC1. The van der Waals surface area contributed by atoms with E-state index in [1.165, 1.54) is 25.7 Å².